The van der Waals surface area contributed by atoms with Crippen LogP contribution in [0.25, 0.3) is 11.0 Å². The SMILES string of the molecule is CCCC(CC(=O)O)Nc1cnc2ccccc2n1. The van der Waals surface area contributed by atoms with Crippen molar-refractivity contribution < 1.29 is 9.90 Å². The number of carbonyl (C=O) groups is 1. The van der Waals surface area contributed by atoms with Crippen molar-refractivity contribution in [2.75, 3.05) is 5.32 Å². The minimum Gasteiger partial charge on any atom is -0.481 e. The van der Waals surface area contributed by atoms with Crippen LogP contribution >= 0.6 is 0 Å². The molecule has 0 saturated heterocycles. The number of aliphatic carboxylic acids is 1. The lowest BCUT2D eigenvalue weighted by atomic mass is 10.1. The molecule has 0 radical (unpaired) electrons. The predicted octanol–water partition coefficient (Wildman–Crippen LogP) is 2.69. The molecule has 1 unspecified atom stereocenters. The van der Waals surface area contributed by atoms with E-state index in [1.165, 1.54) is 0 Å². The Bertz CT molecular complexity index is 571. The van der Waals surface area contributed by atoms with E-state index in [2.05, 4.69) is 15.3 Å². The molecule has 0 fully saturated rings. The first kappa shape index (κ1) is 13.3. The van der Waals surface area contributed by atoms with Gasteiger partial charge in [-0.2, -0.15) is 0 Å². The molecule has 1 heterocycles. The number of benzene rings is 1. The van der Waals surface area contributed by atoms with E-state index in [-0.39, 0.29) is 12.5 Å². The number of aromatic nitrogens is 2. The largest absolute Gasteiger partial charge is 0.481 e. The molecule has 100 valence electrons. The van der Waals surface area contributed by atoms with Gasteiger partial charge in [-0.25, -0.2) is 4.98 Å². The number of para-hydroxylation sites is 2. The highest BCUT2D eigenvalue weighted by atomic mass is 16.4. The van der Waals surface area contributed by atoms with Gasteiger partial charge < -0.3 is 10.4 Å². The molecule has 0 amide bonds. The van der Waals surface area contributed by atoms with Gasteiger partial charge in [-0.1, -0.05) is 25.5 Å². The number of fused-ring (bicyclic) bond motifs is 1. The second kappa shape index (κ2) is 6.13. The first-order valence-corrected chi connectivity index (χ1v) is 6.39. The lowest BCUT2D eigenvalue weighted by Crippen LogP contribution is -2.23. The summed E-state index contributed by atoms with van der Waals surface area (Å²) in [5, 5.41) is 12.0. The number of anilines is 1. The summed E-state index contributed by atoms with van der Waals surface area (Å²) < 4.78 is 0. The molecular weight excluding hydrogens is 242 g/mol. The summed E-state index contributed by atoms with van der Waals surface area (Å²) in [5.74, 6) is -0.182. The summed E-state index contributed by atoms with van der Waals surface area (Å²) in [6.07, 6.45) is 3.45. The molecule has 2 aromatic rings. The third-order valence-corrected chi connectivity index (χ3v) is 2.86. The van der Waals surface area contributed by atoms with Crippen LogP contribution in [0.2, 0.25) is 0 Å². The summed E-state index contributed by atoms with van der Waals surface area (Å²) >= 11 is 0. The molecule has 1 atom stereocenters. The Kier molecular flexibility index (Phi) is 4.28. The summed E-state index contributed by atoms with van der Waals surface area (Å²) in [4.78, 5) is 19.6. The zero-order chi connectivity index (χ0) is 13.7. The smallest absolute Gasteiger partial charge is 0.305 e. The van der Waals surface area contributed by atoms with Gasteiger partial charge in [-0.05, 0) is 18.6 Å². The highest BCUT2D eigenvalue weighted by molar-refractivity contribution is 5.75. The molecule has 5 heteroatoms. The van der Waals surface area contributed by atoms with Gasteiger partial charge in [0.1, 0.15) is 5.82 Å². The summed E-state index contributed by atoms with van der Waals surface area (Å²) in [7, 11) is 0. The van der Waals surface area contributed by atoms with Crippen molar-refractivity contribution in [3.63, 3.8) is 0 Å². The van der Waals surface area contributed by atoms with E-state index in [0.717, 1.165) is 23.9 Å². The van der Waals surface area contributed by atoms with E-state index < -0.39 is 5.97 Å². The van der Waals surface area contributed by atoms with Crippen molar-refractivity contribution in [1.82, 2.24) is 9.97 Å². The van der Waals surface area contributed by atoms with E-state index in [0.29, 0.717) is 5.82 Å². The van der Waals surface area contributed by atoms with Crippen LogP contribution in [-0.4, -0.2) is 27.1 Å². The molecule has 1 aromatic heterocycles. The molecule has 1 aromatic carbocycles. The van der Waals surface area contributed by atoms with Gasteiger partial charge in [-0.3, -0.25) is 9.78 Å². The fourth-order valence-corrected chi connectivity index (χ4v) is 2.02. The topological polar surface area (TPSA) is 75.1 Å². The fourth-order valence-electron chi connectivity index (χ4n) is 2.02. The monoisotopic (exact) mass is 259 g/mol. The van der Waals surface area contributed by atoms with Gasteiger partial charge in [0.15, 0.2) is 0 Å². The first-order chi connectivity index (χ1) is 9.19. The molecule has 0 aliphatic carbocycles. The first-order valence-electron chi connectivity index (χ1n) is 6.39. The minimum atomic E-state index is -0.806. The predicted molar refractivity (Wildman–Crippen MR) is 74.1 cm³/mol. The summed E-state index contributed by atoms with van der Waals surface area (Å²) in [6, 6.07) is 7.49. The van der Waals surface area contributed by atoms with E-state index in [1.807, 2.05) is 31.2 Å². The molecule has 0 aliphatic rings. The molecule has 0 saturated carbocycles. The minimum absolute atomic E-state index is 0.0857. The van der Waals surface area contributed by atoms with Gasteiger partial charge in [0, 0.05) is 6.04 Å². The molecular formula is C14H17N3O2. The second-order valence-electron chi connectivity index (χ2n) is 4.47. The summed E-state index contributed by atoms with van der Waals surface area (Å²) in [6.45, 7) is 2.03. The Morgan fingerprint density at radius 3 is 2.79 bits per heavy atom. The second-order valence-corrected chi connectivity index (χ2v) is 4.47. The number of carboxylic acids is 1. The van der Waals surface area contributed by atoms with E-state index >= 15 is 0 Å². The van der Waals surface area contributed by atoms with Gasteiger partial charge >= 0.3 is 5.97 Å². The number of carboxylic acid groups (broad SMARTS) is 1. The number of hydrogen-bond donors (Lipinski definition) is 2. The highest BCUT2D eigenvalue weighted by Crippen LogP contribution is 2.14. The van der Waals surface area contributed by atoms with Crippen molar-refractivity contribution in [2.45, 2.75) is 32.2 Å². The quantitative estimate of drug-likeness (QED) is 0.834. The van der Waals surface area contributed by atoms with Crippen LogP contribution in [0, 0.1) is 0 Å². The van der Waals surface area contributed by atoms with Crippen LogP contribution in [0.4, 0.5) is 5.82 Å². The Balaban J connectivity index is 2.16. The maximum absolute atomic E-state index is 10.8. The van der Waals surface area contributed by atoms with E-state index in [9.17, 15) is 4.79 Å². The highest BCUT2D eigenvalue weighted by Gasteiger charge is 2.13. The van der Waals surface area contributed by atoms with Crippen molar-refractivity contribution in [2.24, 2.45) is 0 Å². The van der Waals surface area contributed by atoms with Crippen LogP contribution in [0.5, 0.6) is 0 Å². The Morgan fingerprint density at radius 2 is 2.11 bits per heavy atom. The van der Waals surface area contributed by atoms with Crippen LogP contribution < -0.4 is 5.32 Å². The van der Waals surface area contributed by atoms with Gasteiger partial charge in [0.05, 0.1) is 23.7 Å². The van der Waals surface area contributed by atoms with Gasteiger partial charge in [-0.15, -0.1) is 0 Å². The van der Waals surface area contributed by atoms with Crippen LogP contribution in [0.15, 0.2) is 30.5 Å². The lowest BCUT2D eigenvalue weighted by molar-refractivity contribution is -0.137. The number of rotatable bonds is 6. The Labute approximate surface area is 111 Å². The van der Waals surface area contributed by atoms with Crippen molar-refractivity contribution in [1.29, 1.82) is 0 Å². The maximum Gasteiger partial charge on any atom is 0.305 e. The van der Waals surface area contributed by atoms with Crippen LogP contribution in [0.1, 0.15) is 26.2 Å². The Hall–Kier alpha value is -2.17. The van der Waals surface area contributed by atoms with Crippen molar-refractivity contribution in [3.05, 3.63) is 30.5 Å². The standard InChI is InChI=1S/C14H17N3O2/c1-2-5-10(8-14(18)19)16-13-9-15-11-6-3-4-7-12(11)17-13/h3-4,6-7,9-10H,2,5,8H2,1H3,(H,16,17)(H,18,19). The third kappa shape index (κ3) is 3.64. The van der Waals surface area contributed by atoms with Crippen LogP contribution in [0.3, 0.4) is 0 Å². The summed E-state index contributed by atoms with van der Waals surface area (Å²) in [5.41, 5.74) is 1.64. The van der Waals surface area contributed by atoms with Gasteiger partial charge in [0.25, 0.3) is 0 Å². The zero-order valence-electron chi connectivity index (χ0n) is 10.8. The van der Waals surface area contributed by atoms with Crippen molar-refractivity contribution in [3.8, 4) is 0 Å². The third-order valence-electron chi connectivity index (χ3n) is 2.86. The van der Waals surface area contributed by atoms with Crippen molar-refractivity contribution >= 4 is 22.8 Å². The molecule has 5 nitrogen and oxygen atoms in total. The Morgan fingerprint density at radius 1 is 1.37 bits per heavy atom. The molecule has 2 rings (SSSR count). The van der Waals surface area contributed by atoms with Crippen LogP contribution in [-0.2, 0) is 4.79 Å². The molecule has 2 N–H and O–H groups in total. The molecule has 19 heavy (non-hydrogen) atoms. The lowest BCUT2D eigenvalue weighted by Gasteiger charge is -2.16. The molecule has 0 aliphatic heterocycles. The van der Waals surface area contributed by atoms with E-state index in [4.69, 9.17) is 5.11 Å². The fraction of sp³-hybridized carbons (Fsp3) is 0.357. The average molecular weight is 259 g/mol. The normalized spacial score (nSPS) is 12.3. The average Bonchev–Trinajstić information content (AvgIpc) is 2.38. The molecule has 0 spiro atoms. The van der Waals surface area contributed by atoms with Gasteiger partial charge in [0.2, 0.25) is 0 Å². The number of nitrogens with one attached hydrogen (secondary N) is 1. The van der Waals surface area contributed by atoms with E-state index in [1.54, 1.807) is 6.20 Å². The zero-order valence-corrected chi connectivity index (χ0v) is 10.8. The number of nitrogens with zero attached hydrogens (tertiary/aromatic N) is 2. The number of hydrogen-bond acceptors (Lipinski definition) is 4. The maximum atomic E-state index is 10.8. The molecule has 0 bridgehead atoms.